The minimum Gasteiger partial charge on any atom is -0.381 e. The van der Waals surface area contributed by atoms with Gasteiger partial charge in [0.1, 0.15) is 6.04 Å². The van der Waals surface area contributed by atoms with E-state index in [1.807, 2.05) is 31.3 Å². The zero-order valence-electron chi connectivity index (χ0n) is 16.5. The lowest BCUT2D eigenvalue weighted by atomic mass is 10.0. The molecule has 8 heteroatoms. The number of hydrogen-bond donors (Lipinski definition) is 3. The molecule has 8 nitrogen and oxygen atoms in total. The molecule has 4 rings (SSSR count). The van der Waals surface area contributed by atoms with E-state index in [0.29, 0.717) is 17.7 Å². The van der Waals surface area contributed by atoms with E-state index in [1.54, 1.807) is 18.2 Å². The lowest BCUT2D eigenvalue weighted by molar-refractivity contribution is -0.136. The van der Waals surface area contributed by atoms with Crippen molar-refractivity contribution < 1.29 is 19.2 Å². The van der Waals surface area contributed by atoms with E-state index in [1.165, 1.54) is 0 Å². The molecule has 0 aliphatic carbocycles. The van der Waals surface area contributed by atoms with Gasteiger partial charge in [0, 0.05) is 25.2 Å². The molecule has 2 aliphatic rings. The summed E-state index contributed by atoms with van der Waals surface area (Å²) in [4.78, 5) is 50.6. The first kappa shape index (κ1) is 19.8. The number of fused-ring (bicyclic) bond motifs is 1. The Morgan fingerprint density at radius 1 is 1.03 bits per heavy atom. The molecule has 0 saturated carbocycles. The molecule has 1 unspecified atom stereocenters. The number of rotatable bonds is 6. The number of nitrogens with one attached hydrogen (secondary N) is 3. The Morgan fingerprint density at radius 2 is 1.83 bits per heavy atom. The molecule has 4 amide bonds. The van der Waals surface area contributed by atoms with Crippen molar-refractivity contribution in [2.24, 2.45) is 0 Å². The van der Waals surface area contributed by atoms with Gasteiger partial charge in [-0.25, -0.2) is 0 Å². The van der Waals surface area contributed by atoms with E-state index < -0.39 is 29.7 Å². The van der Waals surface area contributed by atoms with Crippen LogP contribution in [-0.2, 0) is 22.7 Å². The van der Waals surface area contributed by atoms with Crippen molar-refractivity contribution >= 4 is 29.3 Å². The number of piperidine rings is 1. The van der Waals surface area contributed by atoms with Crippen molar-refractivity contribution in [1.82, 2.24) is 15.5 Å². The van der Waals surface area contributed by atoms with Crippen LogP contribution in [0.4, 0.5) is 5.69 Å². The van der Waals surface area contributed by atoms with Gasteiger partial charge < -0.3 is 10.6 Å². The van der Waals surface area contributed by atoms with Gasteiger partial charge in [0.05, 0.1) is 11.1 Å². The van der Waals surface area contributed by atoms with Gasteiger partial charge >= 0.3 is 0 Å². The van der Waals surface area contributed by atoms with Crippen LogP contribution in [0.25, 0.3) is 0 Å². The van der Waals surface area contributed by atoms with Crippen molar-refractivity contribution in [3.8, 4) is 0 Å². The Hall–Kier alpha value is -3.52. The fourth-order valence-electron chi connectivity index (χ4n) is 3.92. The summed E-state index contributed by atoms with van der Waals surface area (Å²) in [5.74, 6) is -1.99. The summed E-state index contributed by atoms with van der Waals surface area (Å²) >= 11 is 0. The molecule has 2 aromatic rings. The lowest BCUT2D eigenvalue weighted by Crippen LogP contribution is -2.54. The van der Waals surface area contributed by atoms with E-state index in [-0.39, 0.29) is 18.4 Å². The van der Waals surface area contributed by atoms with Crippen LogP contribution in [0.2, 0.25) is 0 Å². The van der Waals surface area contributed by atoms with E-state index in [9.17, 15) is 19.2 Å². The third-order valence-corrected chi connectivity index (χ3v) is 5.35. The SMILES string of the molecule is CNCc1cccc(NCc2cccc3c2C(=O)N(C2CCC(=O)NC2=O)C3=O)c1. The number of imide groups is 2. The van der Waals surface area contributed by atoms with E-state index >= 15 is 0 Å². The average molecular weight is 406 g/mol. The van der Waals surface area contributed by atoms with Crippen LogP contribution >= 0.6 is 0 Å². The van der Waals surface area contributed by atoms with E-state index in [0.717, 1.165) is 22.7 Å². The van der Waals surface area contributed by atoms with Crippen LogP contribution < -0.4 is 16.0 Å². The van der Waals surface area contributed by atoms with Gasteiger partial charge in [0.15, 0.2) is 0 Å². The predicted molar refractivity (Wildman–Crippen MR) is 110 cm³/mol. The highest BCUT2D eigenvalue weighted by molar-refractivity contribution is 6.24. The molecule has 1 atom stereocenters. The second-order valence-corrected chi connectivity index (χ2v) is 7.37. The van der Waals surface area contributed by atoms with Gasteiger partial charge in [-0.05, 0) is 42.8 Å². The highest BCUT2D eigenvalue weighted by Crippen LogP contribution is 2.30. The van der Waals surface area contributed by atoms with E-state index in [2.05, 4.69) is 16.0 Å². The van der Waals surface area contributed by atoms with Crippen LogP contribution in [0.5, 0.6) is 0 Å². The largest absolute Gasteiger partial charge is 0.381 e. The summed E-state index contributed by atoms with van der Waals surface area (Å²) < 4.78 is 0. The van der Waals surface area contributed by atoms with Gasteiger partial charge in [-0.1, -0.05) is 24.3 Å². The molecule has 1 saturated heterocycles. The summed E-state index contributed by atoms with van der Waals surface area (Å²) in [6, 6.07) is 12.1. The van der Waals surface area contributed by atoms with Crippen molar-refractivity contribution in [3.63, 3.8) is 0 Å². The molecule has 0 spiro atoms. The molecule has 2 aromatic carbocycles. The maximum atomic E-state index is 13.1. The quantitative estimate of drug-likeness (QED) is 0.627. The molecule has 0 aromatic heterocycles. The first-order valence-electron chi connectivity index (χ1n) is 9.80. The highest BCUT2D eigenvalue weighted by Gasteiger charge is 2.45. The Balaban J connectivity index is 1.57. The molecule has 2 heterocycles. The Morgan fingerprint density at radius 3 is 2.60 bits per heavy atom. The van der Waals surface area contributed by atoms with Crippen molar-refractivity contribution in [3.05, 3.63) is 64.7 Å². The molecule has 0 bridgehead atoms. The Kier molecular flexibility index (Phi) is 5.33. The fourth-order valence-corrected chi connectivity index (χ4v) is 3.92. The number of amides is 4. The predicted octanol–water partition coefficient (Wildman–Crippen LogP) is 1.42. The van der Waals surface area contributed by atoms with Crippen LogP contribution in [0, 0.1) is 0 Å². The van der Waals surface area contributed by atoms with Gasteiger partial charge in [-0.2, -0.15) is 0 Å². The molecule has 3 N–H and O–H groups in total. The topological polar surface area (TPSA) is 108 Å². The number of benzene rings is 2. The molecule has 154 valence electrons. The first-order chi connectivity index (χ1) is 14.5. The number of hydrogen-bond acceptors (Lipinski definition) is 6. The fraction of sp³-hybridized carbons (Fsp3) is 0.273. The maximum Gasteiger partial charge on any atom is 0.262 e. The molecule has 30 heavy (non-hydrogen) atoms. The summed E-state index contributed by atoms with van der Waals surface area (Å²) in [5.41, 5.74) is 3.30. The number of carbonyl (C=O) groups excluding carboxylic acids is 4. The van der Waals surface area contributed by atoms with Crippen molar-refractivity contribution in [1.29, 1.82) is 0 Å². The molecular weight excluding hydrogens is 384 g/mol. The van der Waals surface area contributed by atoms with Crippen molar-refractivity contribution in [2.45, 2.75) is 32.0 Å². The third-order valence-electron chi connectivity index (χ3n) is 5.35. The lowest BCUT2D eigenvalue weighted by Gasteiger charge is -2.27. The summed E-state index contributed by atoms with van der Waals surface area (Å²) in [6.45, 7) is 1.10. The number of carbonyl (C=O) groups is 4. The average Bonchev–Trinajstić information content (AvgIpc) is 2.98. The van der Waals surface area contributed by atoms with Crippen LogP contribution in [-0.4, -0.2) is 41.6 Å². The summed E-state index contributed by atoms with van der Waals surface area (Å²) in [7, 11) is 1.88. The zero-order chi connectivity index (χ0) is 21.3. The van der Waals surface area contributed by atoms with Gasteiger partial charge in [-0.3, -0.25) is 29.4 Å². The highest BCUT2D eigenvalue weighted by atomic mass is 16.2. The smallest absolute Gasteiger partial charge is 0.262 e. The normalized spacial score (nSPS) is 18.4. The van der Waals surface area contributed by atoms with Gasteiger partial charge in [0.2, 0.25) is 11.8 Å². The number of anilines is 1. The second-order valence-electron chi connectivity index (χ2n) is 7.37. The minimum absolute atomic E-state index is 0.0984. The van der Waals surface area contributed by atoms with Crippen LogP contribution in [0.1, 0.15) is 44.7 Å². The molecule has 0 radical (unpaired) electrons. The molecular formula is C22H22N4O4. The Bertz CT molecular complexity index is 1050. The van der Waals surface area contributed by atoms with E-state index in [4.69, 9.17) is 0 Å². The van der Waals surface area contributed by atoms with Crippen LogP contribution in [0.3, 0.4) is 0 Å². The standard InChI is InChI=1S/C22H22N4O4/c1-23-11-13-4-2-6-15(10-13)24-12-14-5-3-7-16-19(14)22(30)26(21(16)29)17-8-9-18(27)25-20(17)28/h2-7,10,17,23-24H,8-9,11-12H2,1H3,(H,25,27,28). The minimum atomic E-state index is -0.964. The second kappa shape index (κ2) is 8.08. The molecule has 2 aliphatic heterocycles. The molecule has 1 fully saturated rings. The monoisotopic (exact) mass is 406 g/mol. The number of nitrogens with zero attached hydrogens (tertiary/aromatic N) is 1. The maximum absolute atomic E-state index is 13.1. The van der Waals surface area contributed by atoms with Crippen LogP contribution in [0.15, 0.2) is 42.5 Å². The van der Waals surface area contributed by atoms with Crippen molar-refractivity contribution in [2.75, 3.05) is 12.4 Å². The Labute approximate surface area is 173 Å². The summed E-state index contributed by atoms with van der Waals surface area (Å²) in [6.07, 6.45) is 0.239. The summed E-state index contributed by atoms with van der Waals surface area (Å²) in [5, 5.41) is 8.61. The first-order valence-corrected chi connectivity index (χ1v) is 9.80. The zero-order valence-corrected chi connectivity index (χ0v) is 16.5. The van der Waals surface area contributed by atoms with Gasteiger partial charge in [0.25, 0.3) is 11.8 Å². The third kappa shape index (κ3) is 3.57. The van der Waals surface area contributed by atoms with Gasteiger partial charge in [-0.15, -0.1) is 0 Å².